The summed E-state index contributed by atoms with van der Waals surface area (Å²) < 4.78 is 9.22. The highest BCUT2D eigenvalue weighted by atomic mass is 16.5. The number of rotatable bonds is 2. The summed E-state index contributed by atoms with van der Waals surface area (Å²) in [5, 5.41) is 3.51. The van der Waals surface area contributed by atoms with Crippen molar-refractivity contribution in [3.63, 3.8) is 0 Å². The summed E-state index contributed by atoms with van der Waals surface area (Å²) in [6.07, 6.45) is 0.726. The van der Waals surface area contributed by atoms with Gasteiger partial charge in [0.25, 0.3) is 0 Å². The van der Waals surface area contributed by atoms with Gasteiger partial charge < -0.3 is 9.26 Å². The second-order valence-electron chi connectivity index (χ2n) is 2.02. The van der Waals surface area contributed by atoms with Crippen molar-refractivity contribution in [1.29, 1.82) is 0 Å². The van der Waals surface area contributed by atoms with Crippen molar-refractivity contribution in [1.82, 2.24) is 5.16 Å². The van der Waals surface area contributed by atoms with Gasteiger partial charge in [0, 0.05) is 6.07 Å². The van der Waals surface area contributed by atoms with Crippen molar-refractivity contribution in [3.05, 3.63) is 17.5 Å². The van der Waals surface area contributed by atoms with Crippen molar-refractivity contribution < 1.29 is 14.1 Å². The lowest BCUT2D eigenvalue weighted by atomic mass is 10.0. The molecule has 0 unspecified atom stereocenters. The van der Waals surface area contributed by atoms with E-state index in [1.807, 2.05) is 7.85 Å². The maximum Gasteiger partial charge on any atom is 0.360 e. The maximum atomic E-state index is 10.8. The maximum absolute atomic E-state index is 10.8. The van der Waals surface area contributed by atoms with Gasteiger partial charge in [0.05, 0.1) is 7.11 Å². The van der Waals surface area contributed by atoms with E-state index in [4.69, 9.17) is 4.52 Å². The molecule has 0 spiro atoms. The third-order valence-electron chi connectivity index (χ3n) is 1.30. The Morgan fingerprint density at radius 3 is 3.09 bits per heavy atom. The molecule has 0 aliphatic heterocycles. The van der Waals surface area contributed by atoms with Crippen molar-refractivity contribution in [2.24, 2.45) is 0 Å². The number of aromatic nitrogens is 1. The van der Waals surface area contributed by atoms with Gasteiger partial charge in [-0.3, -0.25) is 0 Å². The molecule has 0 fully saturated rings. The Kier molecular flexibility index (Phi) is 2.30. The molecular weight excluding hydrogens is 145 g/mol. The first-order valence-electron chi connectivity index (χ1n) is 3.31. The lowest BCUT2D eigenvalue weighted by molar-refractivity contribution is 0.0589. The van der Waals surface area contributed by atoms with E-state index in [1.54, 1.807) is 6.07 Å². The fourth-order valence-electron chi connectivity index (χ4n) is 0.680. The van der Waals surface area contributed by atoms with Gasteiger partial charge in [0.15, 0.2) is 5.69 Å². The van der Waals surface area contributed by atoms with Gasteiger partial charge in [-0.15, -0.1) is 0 Å². The van der Waals surface area contributed by atoms with Crippen LogP contribution in [0.2, 0.25) is 0 Å². The molecular formula is C6H8BNO3. The Labute approximate surface area is 64.9 Å². The second-order valence-corrected chi connectivity index (χ2v) is 2.02. The van der Waals surface area contributed by atoms with Gasteiger partial charge in [0.1, 0.15) is 13.6 Å². The molecule has 0 saturated carbocycles. The molecule has 58 valence electrons. The smallest absolute Gasteiger partial charge is 0.360 e. The third-order valence-corrected chi connectivity index (χ3v) is 1.30. The van der Waals surface area contributed by atoms with E-state index in [-0.39, 0.29) is 5.69 Å². The highest BCUT2D eigenvalue weighted by Crippen LogP contribution is 2.03. The molecule has 1 heterocycles. The summed E-state index contributed by atoms with van der Waals surface area (Å²) in [5.74, 6) is 0.221. The van der Waals surface area contributed by atoms with Crippen molar-refractivity contribution in [2.45, 2.75) is 6.32 Å². The summed E-state index contributed by atoms with van der Waals surface area (Å²) >= 11 is 0. The van der Waals surface area contributed by atoms with E-state index in [0.29, 0.717) is 5.76 Å². The van der Waals surface area contributed by atoms with E-state index >= 15 is 0 Å². The molecule has 0 N–H and O–H groups in total. The van der Waals surface area contributed by atoms with E-state index in [0.717, 1.165) is 6.32 Å². The second kappa shape index (κ2) is 3.23. The Bertz CT molecular complexity index is 258. The molecule has 0 amide bonds. The van der Waals surface area contributed by atoms with Crippen molar-refractivity contribution in [2.75, 3.05) is 7.11 Å². The molecule has 0 saturated heterocycles. The Morgan fingerprint density at radius 1 is 1.91 bits per heavy atom. The van der Waals surface area contributed by atoms with E-state index in [1.165, 1.54) is 7.11 Å². The van der Waals surface area contributed by atoms with Crippen LogP contribution in [0.4, 0.5) is 0 Å². The van der Waals surface area contributed by atoms with Gasteiger partial charge in [-0.2, -0.15) is 0 Å². The van der Waals surface area contributed by atoms with E-state index < -0.39 is 5.97 Å². The summed E-state index contributed by atoms with van der Waals surface area (Å²) in [6, 6.07) is 1.58. The monoisotopic (exact) mass is 153 g/mol. The molecule has 0 aliphatic rings. The fourth-order valence-corrected chi connectivity index (χ4v) is 0.680. The Hall–Kier alpha value is -1.26. The number of nitrogens with zero attached hydrogens (tertiary/aromatic N) is 1. The van der Waals surface area contributed by atoms with Crippen molar-refractivity contribution >= 4 is 13.8 Å². The van der Waals surface area contributed by atoms with Crippen LogP contribution in [0.3, 0.4) is 0 Å². The molecule has 4 nitrogen and oxygen atoms in total. The fraction of sp³-hybridized carbons (Fsp3) is 0.333. The average Bonchev–Trinajstić information content (AvgIpc) is 2.50. The van der Waals surface area contributed by atoms with Crippen LogP contribution in [0.15, 0.2) is 10.6 Å². The average molecular weight is 153 g/mol. The Morgan fingerprint density at radius 2 is 2.64 bits per heavy atom. The van der Waals surface area contributed by atoms with E-state index in [2.05, 4.69) is 9.89 Å². The molecule has 0 aromatic carbocycles. The number of hydrogen-bond donors (Lipinski definition) is 0. The van der Waals surface area contributed by atoms with Crippen molar-refractivity contribution in [3.8, 4) is 0 Å². The van der Waals surface area contributed by atoms with Gasteiger partial charge in [-0.25, -0.2) is 4.79 Å². The van der Waals surface area contributed by atoms with Gasteiger partial charge in [-0.05, 0) is 6.32 Å². The number of carbonyl (C=O) groups is 1. The number of esters is 1. The molecule has 0 radical (unpaired) electrons. The predicted molar refractivity (Wildman–Crippen MR) is 40.1 cm³/mol. The lowest BCUT2D eigenvalue weighted by Gasteiger charge is -1.88. The van der Waals surface area contributed by atoms with Gasteiger partial charge >= 0.3 is 5.97 Å². The minimum absolute atomic E-state index is 0.226. The van der Waals surface area contributed by atoms with Crippen LogP contribution in [0.5, 0.6) is 0 Å². The highest BCUT2D eigenvalue weighted by molar-refractivity contribution is 6.08. The highest BCUT2D eigenvalue weighted by Gasteiger charge is 2.10. The minimum atomic E-state index is -0.464. The predicted octanol–water partition coefficient (Wildman–Crippen LogP) is -0.406. The molecule has 1 rings (SSSR count). The molecule has 5 heteroatoms. The minimum Gasteiger partial charge on any atom is -0.464 e. The van der Waals surface area contributed by atoms with E-state index in [9.17, 15) is 4.79 Å². The zero-order chi connectivity index (χ0) is 8.27. The molecule has 1 aromatic heterocycles. The number of ether oxygens (including phenoxy) is 1. The zero-order valence-corrected chi connectivity index (χ0v) is 6.46. The topological polar surface area (TPSA) is 52.3 Å². The SMILES string of the molecule is BCc1cc(C(=O)OC)no1. The number of hydrogen-bond acceptors (Lipinski definition) is 4. The summed E-state index contributed by atoms with van der Waals surface area (Å²) in [7, 11) is 3.23. The van der Waals surface area contributed by atoms with Crippen LogP contribution < -0.4 is 0 Å². The molecule has 0 bridgehead atoms. The first-order chi connectivity index (χ1) is 5.27. The van der Waals surface area contributed by atoms with Gasteiger partial charge in [-0.1, -0.05) is 5.16 Å². The van der Waals surface area contributed by atoms with Crippen LogP contribution in [-0.4, -0.2) is 26.1 Å². The zero-order valence-electron chi connectivity index (χ0n) is 6.46. The van der Waals surface area contributed by atoms with Crippen LogP contribution in [-0.2, 0) is 11.1 Å². The van der Waals surface area contributed by atoms with Crippen LogP contribution >= 0.6 is 0 Å². The Balaban J connectivity index is 2.80. The summed E-state index contributed by atoms with van der Waals surface area (Å²) in [4.78, 5) is 10.8. The first kappa shape index (κ1) is 7.85. The molecule has 0 aliphatic carbocycles. The van der Waals surface area contributed by atoms with Crippen LogP contribution in [0.25, 0.3) is 0 Å². The standard InChI is InChI=1S/C6H8BNO3/c1-10-6(9)5-2-4(3-7)11-8-5/h2H,3,7H2,1H3. The van der Waals surface area contributed by atoms with Gasteiger partial charge in [0.2, 0.25) is 0 Å². The normalized spacial score (nSPS) is 9.55. The molecule has 11 heavy (non-hydrogen) atoms. The quantitative estimate of drug-likeness (QED) is 0.428. The number of methoxy groups -OCH3 is 1. The summed E-state index contributed by atoms with van der Waals surface area (Å²) in [5.41, 5.74) is 0.226. The first-order valence-corrected chi connectivity index (χ1v) is 3.31. The number of carbonyl (C=O) groups excluding carboxylic acids is 1. The lowest BCUT2D eigenvalue weighted by Crippen LogP contribution is -2.00. The largest absolute Gasteiger partial charge is 0.464 e. The van der Waals surface area contributed by atoms with Crippen LogP contribution in [0.1, 0.15) is 16.2 Å². The summed E-state index contributed by atoms with van der Waals surface area (Å²) in [6.45, 7) is 0. The third kappa shape index (κ3) is 1.60. The van der Waals surface area contributed by atoms with Crippen LogP contribution in [0, 0.1) is 0 Å². The molecule has 1 aromatic rings. The molecule has 0 atom stereocenters.